The van der Waals surface area contributed by atoms with Crippen LogP contribution in [0.2, 0.25) is 0 Å². The lowest BCUT2D eigenvalue weighted by Gasteiger charge is -2.05. The van der Waals surface area contributed by atoms with Crippen LogP contribution in [0.3, 0.4) is 0 Å². The van der Waals surface area contributed by atoms with Crippen LogP contribution >= 0.6 is 0 Å². The van der Waals surface area contributed by atoms with E-state index in [0.29, 0.717) is 12.4 Å². The highest BCUT2D eigenvalue weighted by atomic mass is 16.3. The summed E-state index contributed by atoms with van der Waals surface area (Å²) in [5.41, 5.74) is 5.92. The molecule has 0 aliphatic carbocycles. The SMILES string of the molecule is NCC(=O)Nc1ccc(NCCO)cn1. The van der Waals surface area contributed by atoms with Crippen molar-refractivity contribution in [2.45, 2.75) is 0 Å². The first-order chi connectivity index (χ1) is 7.26. The molecule has 0 spiro atoms. The van der Waals surface area contributed by atoms with Gasteiger partial charge in [0, 0.05) is 6.54 Å². The Morgan fingerprint density at radius 1 is 1.53 bits per heavy atom. The van der Waals surface area contributed by atoms with Gasteiger partial charge in [-0.1, -0.05) is 0 Å². The van der Waals surface area contributed by atoms with E-state index in [1.165, 1.54) is 0 Å². The first-order valence-corrected chi connectivity index (χ1v) is 4.57. The van der Waals surface area contributed by atoms with Crippen LogP contribution in [0.5, 0.6) is 0 Å². The number of aliphatic hydroxyl groups excluding tert-OH is 1. The van der Waals surface area contributed by atoms with Crippen LogP contribution in [0.25, 0.3) is 0 Å². The Bertz CT molecular complexity index is 312. The minimum atomic E-state index is -0.279. The number of amides is 1. The predicted molar refractivity (Wildman–Crippen MR) is 57.5 cm³/mol. The van der Waals surface area contributed by atoms with E-state index in [2.05, 4.69) is 15.6 Å². The second kappa shape index (κ2) is 5.94. The minimum Gasteiger partial charge on any atom is -0.395 e. The van der Waals surface area contributed by atoms with Gasteiger partial charge >= 0.3 is 0 Å². The van der Waals surface area contributed by atoms with Crippen molar-refractivity contribution in [3.63, 3.8) is 0 Å². The summed E-state index contributed by atoms with van der Waals surface area (Å²) >= 11 is 0. The number of aromatic nitrogens is 1. The molecule has 0 atom stereocenters. The van der Waals surface area contributed by atoms with Crippen LogP contribution < -0.4 is 16.4 Å². The van der Waals surface area contributed by atoms with E-state index in [0.717, 1.165) is 5.69 Å². The maximum absolute atomic E-state index is 10.9. The van der Waals surface area contributed by atoms with Gasteiger partial charge in [0.15, 0.2) is 0 Å². The standard InChI is InChI=1S/C9H14N4O2/c10-5-9(15)13-8-2-1-7(6-12-8)11-3-4-14/h1-2,6,11,14H,3-5,10H2,(H,12,13,15). The summed E-state index contributed by atoms with van der Waals surface area (Å²) in [6.07, 6.45) is 1.57. The van der Waals surface area contributed by atoms with Gasteiger partial charge in [-0.2, -0.15) is 0 Å². The Balaban J connectivity index is 2.52. The molecule has 1 aromatic rings. The van der Waals surface area contributed by atoms with E-state index in [9.17, 15) is 4.79 Å². The number of hydrogen-bond donors (Lipinski definition) is 4. The van der Waals surface area contributed by atoms with Crippen LogP contribution in [0.1, 0.15) is 0 Å². The third kappa shape index (κ3) is 3.92. The highest BCUT2D eigenvalue weighted by Gasteiger charge is 1.99. The van der Waals surface area contributed by atoms with Crippen molar-refractivity contribution < 1.29 is 9.90 Å². The summed E-state index contributed by atoms with van der Waals surface area (Å²) in [7, 11) is 0. The van der Waals surface area contributed by atoms with Gasteiger partial charge in [-0.15, -0.1) is 0 Å². The molecule has 5 N–H and O–H groups in total. The van der Waals surface area contributed by atoms with Crippen LogP contribution in [0.15, 0.2) is 18.3 Å². The Morgan fingerprint density at radius 3 is 2.87 bits per heavy atom. The molecule has 0 unspecified atom stereocenters. The maximum atomic E-state index is 10.9. The van der Waals surface area contributed by atoms with Gasteiger partial charge in [0.25, 0.3) is 0 Å². The third-order valence-corrected chi connectivity index (χ3v) is 1.66. The largest absolute Gasteiger partial charge is 0.395 e. The zero-order chi connectivity index (χ0) is 11.1. The van der Waals surface area contributed by atoms with Gasteiger partial charge < -0.3 is 21.5 Å². The van der Waals surface area contributed by atoms with Gasteiger partial charge in [0.05, 0.1) is 25.0 Å². The lowest BCUT2D eigenvalue weighted by molar-refractivity contribution is -0.114. The maximum Gasteiger partial charge on any atom is 0.239 e. The Morgan fingerprint density at radius 2 is 2.33 bits per heavy atom. The number of carbonyl (C=O) groups excluding carboxylic acids is 1. The van der Waals surface area contributed by atoms with E-state index in [1.54, 1.807) is 18.3 Å². The average Bonchev–Trinajstić information content (AvgIpc) is 2.28. The smallest absolute Gasteiger partial charge is 0.239 e. The van der Waals surface area contributed by atoms with Gasteiger partial charge in [0.2, 0.25) is 5.91 Å². The van der Waals surface area contributed by atoms with E-state index in [1.807, 2.05) is 0 Å². The van der Waals surface area contributed by atoms with Gasteiger partial charge in [-0.3, -0.25) is 4.79 Å². The zero-order valence-corrected chi connectivity index (χ0v) is 8.23. The quantitative estimate of drug-likeness (QED) is 0.519. The molecule has 0 aliphatic rings. The number of hydrogen-bond acceptors (Lipinski definition) is 5. The molecule has 1 rings (SSSR count). The molecular weight excluding hydrogens is 196 g/mol. The highest BCUT2D eigenvalue weighted by molar-refractivity contribution is 5.91. The number of nitrogens with two attached hydrogens (primary N) is 1. The predicted octanol–water partition coefficient (Wildman–Crippen LogP) is -0.617. The van der Waals surface area contributed by atoms with Gasteiger partial charge in [-0.05, 0) is 12.1 Å². The fraction of sp³-hybridized carbons (Fsp3) is 0.333. The average molecular weight is 210 g/mol. The second-order valence-electron chi connectivity index (χ2n) is 2.83. The number of rotatable bonds is 5. The third-order valence-electron chi connectivity index (χ3n) is 1.66. The molecule has 0 saturated carbocycles. The van der Waals surface area contributed by atoms with Crippen molar-refractivity contribution in [3.8, 4) is 0 Å². The number of nitrogens with one attached hydrogen (secondary N) is 2. The summed E-state index contributed by atoms with van der Waals surface area (Å²) in [5.74, 6) is 0.179. The summed E-state index contributed by atoms with van der Waals surface area (Å²) < 4.78 is 0. The van der Waals surface area contributed by atoms with Crippen molar-refractivity contribution in [2.24, 2.45) is 5.73 Å². The summed E-state index contributed by atoms with van der Waals surface area (Å²) in [6, 6.07) is 3.42. The number of pyridine rings is 1. The Kier molecular flexibility index (Phi) is 4.52. The van der Waals surface area contributed by atoms with Crippen molar-refractivity contribution in [1.82, 2.24) is 4.98 Å². The monoisotopic (exact) mass is 210 g/mol. The van der Waals surface area contributed by atoms with Crippen molar-refractivity contribution >= 4 is 17.4 Å². The minimum absolute atomic E-state index is 0.0612. The molecule has 6 heteroatoms. The van der Waals surface area contributed by atoms with E-state index in [4.69, 9.17) is 10.8 Å². The van der Waals surface area contributed by atoms with E-state index in [-0.39, 0.29) is 19.1 Å². The zero-order valence-electron chi connectivity index (χ0n) is 8.23. The number of nitrogens with zero attached hydrogens (tertiary/aromatic N) is 1. The van der Waals surface area contributed by atoms with E-state index >= 15 is 0 Å². The molecule has 0 aliphatic heterocycles. The number of anilines is 2. The summed E-state index contributed by atoms with van der Waals surface area (Å²) in [6.45, 7) is 0.466. The van der Waals surface area contributed by atoms with Gasteiger partial charge in [0.1, 0.15) is 5.82 Å². The van der Waals surface area contributed by atoms with Crippen LogP contribution in [-0.2, 0) is 4.79 Å². The highest BCUT2D eigenvalue weighted by Crippen LogP contribution is 2.08. The normalized spacial score (nSPS) is 9.73. The molecule has 1 heterocycles. The first-order valence-electron chi connectivity index (χ1n) is 4.57. The van der Waals surface area contributed by atoms with Crippen LogP contribution in [-0.4, -0.2) is 35.7 Å². The molecule has 82 valence electrons. The molecule has 6 nitrogen and oxygen atoms in total. The van der Waals surface area contributed by atoms with Gasteiger partial charge in [-0.25, -0.2) is 4.98 Å². The lowest BCUT2D eigenvalue weighted by Crippen LogP contribution is -2.22. The molecule has 0 fully saturated rings. The van der Waals surface area contributed by atoms with Crippen molar-refractivity contribution in [2.75, 3.05) is 30.3 Å². The van der Waals surface area contributed by atoms with Crippen LogP contribution in [0.4, 0.5) is 11.5 Å². The molecular formula is C9H14N4O2. The Hall–Kier alpha value is -1.66. The lowest BCUT2D eigenvalue weighted by atomic mass is 10.4. The van der Waals surface area contributed by atoms with E-state index < -0.39 is 0 Å². The fourth-order valence-corrected chi connectivity index (χ4v) is 0.966. The number of carbonyl (C=O) groups is 1. The first kappa shape index (κ1) is 11.4. The molecule has 1 amide bonds. The molecule has 0 aromatic carbocycles. The summed E-state index contributed by atoms with van der Waals surface area (Å²) in [5, 5.41) is 14.0. The molecule has 1 aromatic heterocycles. The molecule has 0 saturated heterocycles. The molecule has 0 bridgehead atoms. The second-order valence-corrected chi connectivity index (χ2v) is 2.83. The topological polar surface area (TPSA) is 100 Å². The molecule has 0 radical (unpaired) electrons. The van der Waals surface area contributed by atoms with Crippen LogP contribution in [0, 0.1) is 0 Å². The Labute approximate surface area is 87.5 Å². The number of aliphatic hydroxyl groups is 1. The fourth-order valence-electron chi connectivity index (χ4n) is 0.966. The summed E-state index contributed by atoms with van der Waals surface area (Å²) in [4.78, 5) is 14.9. The van der Waals surface area contributed by atoms with Crippen molar-refractivity contribution in [1.29, 1.82) is 0 Å². The van der Waals surface area contributed by atoms with Crippen molar-refractivity contribution in [3.05, 3.63) is 18.3 Å². The molecule has 15 heavy (non-hydrogen) atoms.